The Hall–Kier alpha value is -3.37. The summed E-state index contributed by atoms with van der Waals surface area (Å²) in [6.07, 6.45) is -3.17. The standard InChI is InChI=1S/C22H19F5N4O2/c23-20(24)15-8-12(11-32)3-5-18(15)31-17-6-4-14(9-13(17)10-29-31)30-21(33)19-16(22(25,26)27)2-1-7-28-19/h1-2,4,6-7,9-12,15,18,20H,3,5,8H2,(H,30,33). The summed E-state index contributed by atoms with van der Waals surface area (Å²) >= 11 is 0. The number of carbonyl (C=O) groups is 2. The van der Waals surface area contributed by atoms with Crippen LogP contribution in [-0.2, 0) is 11.0 Å². The zero-order valence-corrected chi connectivity index (χ0v) is 17.1. The highest BCUT2D eigenvalue weighted by Crippen LogP contribution is 2.41. The predicted octanol–water partition coefficient (Wildman–Crippen LogP) is 5.12. The molecule has 2 heterocycles. The Morgan fingerprint density at radius 1 is 1.21 bits per heavy atom. The Kier molecular flexibility index (Phi) is 6.13. The summed E-state index contributed by atoms with van der Waals surface area (Å²) in [4.78, 5) is 27.1. The number of aromatic nitrogens is 3. The largest absolute Gasteiger partial charge is 0.418 e. The molecule has 1 aromatic carbocycles. The Labute approximate surface area is 184 Å². The number of hydrogen-bond acceptors (Lipinski definition) is 4. The van der Waals surface area contributed by atoms with Gasteiger partial charge in [0, 0.05) is 29.1 Å². The average molecular weight is 466 g/mol. The molecule has 1 amide bonds. The number of aldehydes is 1. The van der Waals surface area contributed by atoms with Crippen molar-refractivity contribution in [3.63, 3.8) is 0 Å². The topological polar surface area (TPSA) is 76.9 Å². The molecule has 33 heavy (non-hydrogen) atoms. The van der Waals surface area contributed by atoms with Crippen molar-refractivity contribution in [2.75, 3.05) is 5.32 Å². The van der Waals surface area contributed by atoms with E-state index in [4.69, 9.17) is 0 Å². The van der Waals surface area contributed by atoms with E-state index in [-0.39, 0.29) is 12.1 Å². The van der Waals surface area contributed by atoms with Crippen molar-refractivity contribution in [3.05, 3.63) is 54.0 Å². The smallest absolute Gasteiger partial charge is 0.321 e. The van der Waals surface area contributed by atoms with Gasteiger partial charge in [0.25, 0.3) is 5.91 Å². The van der Waals surface area contributed by atoms with Crippen LogP contribution in [0, 0.1) is 11.8 Å². The number of carbonyl (C=O) groups excluding carboxylic acids is 2. The van der Waals surface area contributed by atoms with Crippen LogP contribution in [0.4, 0.5) is 27.6 Å². The van der Waals surface area contributed by atoms with E-state index in [2.05, 4.69) is 15.4 Å². The fraction of sp³-hybridized carbons (Fsp3) is 0.364. The Morgan fingerprint density at radius 2 is 2.00 bits per heavy atom. The number of halogens is 5. The maximum Gasteiger partial charge on any atom is 0.418 e. The highest BCUT2D eigenvalue weighted by molar-refractivity contribution is 6.04. The number of benzene rings is 1. The van der Waals surface area contributed by atoms with Gasteiger partial charge in [-0.3, -0.25) is 14.5 Å². The van der Waals surface area contributed by atoms with Crippen molar-refractivity contribution < 1.29 is 31.5 Å². The second kappa shape index (κ2) is 8.87. The van der Waals surface area contributed by atoms with Gasteiger partial charge in [-0.15, -0.1) is 0 Å². The maximum atomic E-state index is 13.7. The van der Waals surface area contributed by atoms with Crippen LogP contribution in [0.15, 0.2) is 42.7 Å². The molecule has 0 aliphatic heterocycles. The lowest BCUT2D eigenvalue weighted by Gasteiger charge is -2.34. The molecule has 2 aromatic heterocycles. The predicted molar refractivity (Wildman–Crippen MR) is 109 cm³/mol. The molecule has 1 saturated carbocycles. The zero-order valence-electron chi connectivity index (χ0n) is 17.1. The molecule has 1 aliphatic carbocycles. The van der Waals surface area contributed by atoms with Crippen LogP contribution in [0.5, 0.6) is 0 Å². The van der Waals surface area contributed by atoms with E-state index in [1.165, 1.54) is 23.0 Å². The summed E-state index contributed by atoms with van der Waals surface area (Å²) in [5.41, 5.74) is -1.16. The molecule has 11 heteroatoms. The zero-order chi connectivity index (χ0) is 23.8. The molecule has 1 N–H and O–H groups in total. The first-order valence-corrected chi connectivity index (χ1v) is 10.2. The first-order chi connectivity index (χ1) is 15.7. The number of nitrogens with one attached hydrogen (secondary N) is 1. The van der Waals surface area contributed by atoms with Crippen LogP contribution in [0.1, 0.15) is 41.4 Å². The van der Waals surface area contributed by atoms with Crippen LogP contribution in [0.3, 0.4) is 0 Å². The van der Waals surface area contributed by atoms with Crippen LogP contribution in [-0.4, -0.2) is 33.4 Å². The summed E-state index contributed by atoms with van der Waals surface area (Å²) in [6, 6.07) is 5.80. The van der Waals surface area contributed by atoms with Crippen molar-refractivity contribution in [1.82, 2.24) is 14.8 Å². The fourth-order valence-electron chi connectivity index (χ4n) is 4.32. The minimum Gasteiger partial charge on any atom is -0.321 e. The second-order valence-electron chi connectivity index (χ2n) is 7.99. The minimum absolute atomic E-state index is 0.0763. The summed E-state index contributed by atoms with van der Waals surface area (Å²) in [5.74, 6) is -2.46. The molecule has 6 nitrogen and oxygen atoms in total. The Balaban J connectivity index is 1.59. The van der Waals surface area contributed by atoms with Gasteiger partial charge < -0.3 is 10.1 Å². The number of nitrogens with zero attached hydrogens (tertiary/aromatic N) is 3. The van der Waals surface area contributed by atoms with Crippen molar-refractivity contribution in [2.45, 2.75) is 37.9 Å². The van der Waals surface area contributed by atoms with E-state index in [0.29, 0.717) is 30.0 Å². The lowest BCUT2D eigenvalue weighted by atomic mass is 9.78. The average Bonchev–Trinajstić information content (AvgIpc) is 3.21. The molecular weight excluding hydrogens is 447 g/mol. The van der Waals surface area contributed by atoms with Crippen molar-refractivity contribution in [1.29, 1.82) is 0 Å². The normalized spacial score (nSPS) is 21.3. The van der Waals surface area contributed by atoms with Gasteiger partial charge in [0.2, 0.25) is 6.43 Å². The molecule has 0 spiro atoms. The third kappa shape index (κ3) is 4.57. The number of hydrogen-bond donors (Lipinski definition) is 1. The van der Waals surface area contributed by atoms with Gasteiger partial charge in [-0.2, -0.15) is 18.3 Å². The molecule has 4 rings (SSSR count). The highest BCUT2D eigenvalue weighted by atomic mass is 19.4. The fourth-order valence-corrected chi connectivity index (χ4v) is 4.32. The third-order valence-corrected chi connectivity index (χ3v) is 5.91. The number of anilines is 1. The van der Waals surface area contributed by atoms with Gasteiger partial charge in [-0.25, -0.2) is 8.78 Å². The number of amides is 1. The molecule has 0 bridgehead atoms. The molecule has 3 atom stereocenters. The monoisotopic (exact) mass is 466 g/mol. The van der Waals surface area contributed by atoms with E-state index in [9.17, 15) is 31.5 Å². The van der Waals surface area contributed by atoms with E-state index in [0.717, 1.165) is 18.3 Å². The summed E-state index contributed by atoms with van der Waals surface area (Å²) in [6.45, 7) is 0. The molecule has 0 radical (unpaired) electrons. The number of alkyl halides is 5. The minimum atomic E-state index is -4.74. The molecule has 174 valence electrons. The maximum absolute atomic E-state index is 13.7. The van der Waals surface area contributed by atoms with E-state index in [1.54, 1.807) is 6.07 Å². The molecular formula is C22H19F5N4O2. The third-order valence-electron chi connectivity index (χ3n) is 5.91. The highest BCUT2D eigenvalue weighted by Gasteiger charge is 2.38. The van der Waals surface area contributed by atoms with Crippen molar-refractivity contribution in [3.8, 4) is 0 Å². The Bertz CT molecular complexity index is 1180. The molecule has 1 aliphatic rings. The van der Waals surface area contributed by atoms with Gasteiger partial charge >= 0.3 is 6.18 Å². The quantitative estimate of drug-likeness (QED) is 0.418. The van der Waals surface area contributed by atoms with Gasteiger partial charge in [0.1, 0.15) is 12.0 Å². The number of fused-ring (bicyclic) bond motifs is 1. The first-order valence-electron chi connectivity index (χ1n) is 10.2. The van der Waals surface area contributed by atoms with Crippen molar-refractivity contribution >= 4 is 28.8 Å². The van der Waals surface area contributed by atoms with Crippen LogP contribution in [0.25, 0.3) is 10.9 Å². The summed E-state index contributed by atoms with van der Waals surface area (Å²) in [7, 11) is 0. The Morgan fingerprint density at radius 3 is 2.70 bits per heavy atom. The lowest BCUT2D eigenvalue weighted by molar-refractivity contribution is -0.138. The summed E-state index contributed by atoms with van der Waals surface area (Å²) in [5, 5.41) is 7.17. The van der Waals surface area contributed by atoms with Crippen LogP contribution < -0.4 is 5.32 Å². The van der Waals surface area contributed by atoms with E-state index in [1.807, 2.05) is 0 Å². The van der Waals surface area contributed by atoms with Crippen LogP contribution in [0.2, 0.25) is 0 Å². The van der Waals surface area contributed by atoms with E-state index >= 15 is 0 Å². The number of rotatable bonds is 5. The van der Waals surface area contributed by atoms with Crippen molar-refractivity contribution in [2.24, 2.45) is 11.8 Å². The lowest BCUT2D eigenvalue weighted by Crippen LogP contribution is -2.33. The molecule has 3 aromatic rings. The van der Waals surface area contributed by atoms with Gasteiger partial charge in [-0.05, 0) is 49.6 Å². The van der Waals surface area contributed by atoms with Crippen LogP contribution >= 0.6 is 0 Å². The number of pyridine rings is 1. The molecule has 1 fully saturated rings. The first kappa shape index (κ1) is 22.8. The van der Waals surface area contributed by atoms with Gasteiger partial charge in [0.05, 0.1) is 23.3 Å². The van der Waals surface area contributed by atoms with Gasteiger partial charge in [-0.1, -0.05) is 0 Å². The molecule has 0 saturated heterocycles. The van der Waals surface area contributed by atoms with E-state index < -0.39 is 47.6 Å². The SMILES string of the molecule is O=CC1CCC(n2ncc3cc(NC(=O)c4ncccc4C(F)(F)F)ccc32)C(C(F)F)C1. The molecule has 3 unspecified atom stereocenters. The van der Waals surface area contributed by atoms with Gasteiger partial charge in [0.15, 0.2) is 0 Å². The summed E-state index contributed by atoms with van der Waals surface area (Å²) < 4.78 is 68.3. The second-order valence-corrected chi connectivity index (χ2v) is 7.99.